The molecule has 0 spiro atoms. The van der Waals surface area contributed by atoms with Crippen LogP contribution < -0.4 is 5.32 Å². The van der Waals surface area contributed by atoms with Crippen LogP contribution in [0.15, 0.2) is 24.3 Å². The zero-order chi connectivity index (χ0) is 19.6. The number of amides is 1. The maximum absolute atomic E-state index is 12.5. The smallest absolute Gasteiger partial charge is 0.340 e. The summed E-state index contributed by atoms with van der Waals surface area (Å²) < 4.78 is 7.38. The molecule has 0 saturated heterocycles. The zero-order valence-electron chi connectivity index (χ0n) is 15.4. The summed E-state index contributed by atoms with van der Waals surface area (Å²) >= 11 is 11.9. The Morgan fingerprint density at radius 2 is 1.77 bits per heavy atom. The van der Waals surface area contributed by atoms with Crippen molar-refractivity contribution < 1.29 is 14.3 Å². The number of aromatic nitrogens is 1. The summed E-state index contributed by atoms with van der Waals surface area (Å²) in [5, 5.41) is 3.41. The Balaban J connectivity index is 2.10. The number of esters is 1. The maximum Gasteiger partial charge on any atom is 0.340 e. The van der Waals surface area contributed by atoms with Crippen LogP contribution in [0.3, 0.4) is 0 Å². The molecule has 0 saturated carbocycles. The van der Waals surface area contributed by atoms with Crippen LogP contribution >= 0.6 is 23.2 Å². The molecule has 1 amide bonds. The van der Waals surface area contributed by atoms with Gasteiger partial charge in [-0.3, -0.25) is 4.79 Å². The lowest BCUT2D eigenvalue weighted by Crippen LogP contribution is -2.30. The molecular weight excluding hydrogens is 375 g/mol. The predicted molar refractivity (Wildman–Crippen MR) is 104 cm³/mol. The quantitative estimate of drug-likeness (QED) is 0.708. The molecule has 2 rings (SSSR count). The van der Waals surface area contributed by atoms with Gasteiger partial charge in [-0.1, -0.05) is 23.2 Å². The van der Waals surface area contributed by atoms with Crippen molar-refractivity contribution in [2.45, 2.75) is 46.8 Å². The number of hydrogen-bond donors (Lipinski definition) is 1. The van der Waals surface area contributed by atoms with Gasteiger partial charge in [0.25, 0.3) is 5.91 Å². The molecule has 5 nitrogen and oxygen atoms in total. The van der Waals surface area contributed by atoms with Gasteiger partial charge >= 0.3 is 5.97 Å². The van der Waals surface area contributed by atoms with Crippen molar-refractivity contribution in [3.8, 4) is 0 Å². The first-order chi connectivity index (χ1) is 12.1. The Labute approximate surface area is 163 Å². The minimum Gasteiger partial charge on any atom is -0.449 e. The van der Waals surface area contributed by atoms with Gasteiger partial charge in [-0.2, -0.15) is 0 Å². The standard InChI is InChI=1S/C19H22Cl2N2O3/c1-10(2)23-11(3)8-15(12(23)4)19(25)26-13(5)18(24)22-17-9-14(20)6-7-16(17)21/h6-10,13H,1-5H3,(H,22,24). The van der Waals surface area contributed by atoms with Crippen LogP contribution in [-0.4, -0.2) is 22.5 Å². The number of carbonyl (C=O) groups is 2. The Bertz CT molecular complexity index is 844. The van der Waals surface area contributed by atoms with E-state index in [0.717, 1.165) is 11.4 Å². The number of nitrogens with zero attached hydrogens (tertiary/aromatic N) is 1. The molecule has 7 heteroatoms. The number of benzene rings is 1. The molecule has 1 unspecified atom stereocenters. The normalized spacial score (nSPS) is 12.2. The fourth-order valence-corrected chi connectivity index (χ4v) is 3.22. The SMILES string of the molecule is Cc1cc(C(=O)OC(C)C(=O)Nc2cc(Cl)ccc2Cl)c(C)n1C(C)C. The van der Waals surface area contributed by atoms with Crippen LogP contribution in [0.1, 0.15) is 48.6 Å². The van der Waals surface area contributed by atoms with Crippen molar-refractivity contribution in [1.29, 1.82) is 0 Å². The van der Waals surface area contributed by atoms with Gasteiger partial charge < -0.3 is 14.6 Å². The molecule has 0 bridgehead atoms. The first kappa shape index (κ1) is 20.3. The highest BCUT2D eigenvalue weighted by atomic mass is 35.5. The van der Waals surface area contributed by atoms with Crippen molar-refractivity contribution in [3.05, 3.63) is 51.3 Å². The second-order valence-electron chi connectivity index (χ2n) is 6.41. The van der Waals surface area contributed by atoms with Gasteiger partial charge in [0.05, 0.1) is 16.3 Å². The van der Waals surface area contributed by atoms with E-state index in [-0.39, 0.29) is 6.04 Å². The number of nitrogens with one attached hydrogen (secondary N) is 1. The Hall–Kier alpha value is -1.98. The van der Waals surface area contributed by atoms with Crippen molar-refractivity contribution in [1.82, 2.24) is 4.57 Å². The topological polar surface area (TPSA) is 60.3 Å². The number of carbonyl (C=O) groups excluding carboxylic acids is 2. The van der Waals surface area contributed by atoms with Gasteiger partial charge in [0.2, 0.25) is 0 Å². The van der Waals surface area contributed by atoms with Crippen molar-refractivity contribution >= 4 is 40.8 Å². The summed E-state index contributed by atoms with van der Waals surface area (Å²) in [7, 11) is 0. The van der Waals surface area contributed by atoms with Crippen LogP contribution in [0.25, 0.3) is 0 Å². The van der Waals surface area contributed by atoms with Crippen LogP contribution in [0.5, 0.6) is 0 Å². The minimum absolute atomic E-state index is 0.224. The number of anilines is 1. The van der Waals surface area contributed by atoms with E-state index in [4.69, 9.17) is 27.9 Å². The molecule has 1 aromatic heterocycles. The lowest BCUT2D eigenvalue weighted by atomic mass is 10.2. The third kappa shape index (κ3) is 4.40. The summed E-state index contributed by atoms with van der Waals surface area (Å²) in [5.41, 5.74) is 2.60. The van der Waals surface area contributed by atoms with E-state index in [1.165, 1.54) is 13.0 Å². The molecule has 140 valence electrons. The molecule has 1 atom stereocenters. The first-order valence-corrected chi connectivity index (χ1v) is 9.02. The van der Waals surface area contributed by atoms with Gasteiger partial charge in [0.15, 0.2) is 6.10 Å². The van der Waals surface area contributed by atoms with Crippen molar-refractivity contribution in [2.24, 2.45) is 0 Å². The average Bonchev–Trinajstić information content (AvgIpc) is 2.85. The van der Waals surface area contributed by atoms with E-state index in [9.17, 15) is 9.59 Å². The van der Waals surface area contributed by atoms with Gasteiger partial charge in [-0.15, -0.1) is 0 Å². The summed E-state index contributed by atoms with van der Waals surface area (Å²) in [6.45, 7) is 9.38. The zero-order valence-corrected chi connectivity index (χ0v) is 16.9. The number of rotatable bonds is 5. The van der Waals surface area contributed by atoms with E-state index in [1.54, 1.807) is 18.2 Å². The van der Waals surface area contributed by atoms with Crippen molar-refractivity contribution in [2.75, 3.05) is 5.32 Å². The molecule has 0 fully saturated rings. The fraction of sp³-hybridized carbons (Fsp3) is 0.368. The lowest BCUT2D eigenvalue weighted by molar-refractivity contribution is -0.123. The highest BCUT2D eigenvalue weighted by molar-refractivity contribution is 6.35. The highest BCUT2D eigenvalue weighted by Crippen LogP contribution is 2.26. The first-order valence-electron chi connectivity index (χ1n) is 8.27. The third-order valence-electron chi connectivity index (χ3n) is 4.06. The average molecular weight is 397 g/mol. The molecular formula is C19H22Cl2N2O3. The summed E-state index contributed by atoms with van der Waals surface area (Å²) in [4.78, 5) is 24.8. The Morgan fingerprint density at radius 3 is 2.35 bits per heavy atom. The minimum atomic E-state index is -0.986. The van der Waals surface area contributed by atoms with Crippen LogP contribution in [0.2, 0.25) is 10.0 Å². The molecule has 2 aromatic rings. The van der Waals surface area contributed by atoms with E-state index in [1.807, 2.05) is 32.3 Å². The predicted octanol–water partition coefficient (Wildman–Crippen LogP) is 5.18. The van der Waals surface area contributed by atoms with E-state index < -0.39 is 18.0 Å². The molecule has 0 aliphatic carbocycles. The van der Waals surface area contributed by atoms with E-state index in [0.29, 0.717) is 21.3 Å². The Morgan fingerprint density at radius 1 is 1.12 bits per heavy atom. The maximum atomic E-state index is 12.5. The summed E-state index contributed by atoms with van der Waals surface area (Å²) in [5.74, 6) is -1.02. The van der Waals surface area contributed by atoms with Crippen LogP contribution in [0.4, 0.5) is 5.69 Å². The van der Waals surface area contributed by atoms with Crippen LogP contribution in [0, 0.1) is 13.8 Å². The molecule has 1 aromatic carbocycles. The second kappa shape index (κ2) is 8.14. The number of ether oxygens (including phenoxy) is 1. The molecule has 0 aliphatic rings. The number of aryl methyl sites for hydroxylation is 1. The number of hydrogen-bond acceptors (Lipinski definition) is 3. The third-order valence-corrected chi connectivity index (χ3v) is 4.62. The summed E-state index contributed by atoms with van der Waals surface area (Å²) in [6, 6.07) is 6.73. The highest BCUT2D eigenvalue weighted by Gasteiger charge is 2.23. The van der Waals surface area contributed by atoms with Gasteiger partial charge in [0, 0.05) is 22.5 Å². The fourth-order valence-electron chi connectivity index (χ4n) is 2.88. The van der Waals surface area contributed by atoms with Gasteiger partial charge in [-0.25, -0.2) is 4.79 Å². The van der Waals surface area contributed by atoms with E-state index in [2.05, 4.69) is 5.32 Å². The largest absolute Gasteiger partial charge is 0.449 e. The second-order valence-corrected chi connectivity index (χ2v) is 7.25. The Kier molecular flexibility index (Phi) is 6.37. The van der Waals surface area contributed by atoms with E-state index >= 15 is 0 Å². The summed E-state index contributed by atoms with van der Waals surface area (Å²) in [6.07, 6.45) is -0.986. The molecule has 1 N–H and O–H groups in total. The lowest BCUT2D eigenvalue weighted by Gasteiger charge is -2.15. The van der Waals surface area contributed by atoms with Gasteiger partial charge in [-0.05, 0) is 58.9 Å². The monoisotopic (exact) mass is 396 g/mol. The molecule has 0 radical (unpaired) electrons. The molecule has 26 heavy (non-hydrogen) atoms. The number of halogens is 2. The van der Waals surface area contributed by atoms with Crippen LogP contribution in [-0.2, 0) is 9.53 Å². The van der Waals surface area contributed by atoms with Gasteiger partial charge in [0.1, 0.15) is 0 Å². The molecule has 0 aliphatic heterocycles. The molecule has 1 heterocycles. The van der Waals surface area contributed by atoms with Crippen molar-refractivity contribution in [3.63, 3.8) is 0 Å².